The van der Waals surface area contributed by atoms with Crippen molar-refractivity contribution < 1.29 is 4.74 Å². The van der Waals surface area contributed by atoms with Gasteiger partial charge in [0.2, 0.25) is 0 Å². The van der Waals surface area contributed by atoms with Crippen molar-refractivity contribution in [3.8, 4) is 5.75 Å². The van der Waals surface area contributed by atoms with Gasteiger partial charge in [-0.1, -0.05) is 6.42 Å². The Morgan fingerprint density at radius 2 is 2.05 bits per heavy atom. The van der Waals surface area contributed by atoms with Crippen molar-refractivity contribution in [1.29, 1.82) is 0 Å². The van der Waals surface area contributed by atoms with E-state index >= 15 is 0 Å². The second-order valence-corrected chi connectivity index (χ2v) is 5.74. The number of halogens is 2. The van der Waals surface area contributed by atoms with Crippen LogP contribution in [0.1, 0.15) is 42.5 Å². The van der Waals surface area contributed by atoms with Gasteiger partial charge in [-0.2, -0.15) is 0 Å². The molecule has 1 aromatic rings. The number of aromatic nitrogens is 1. The zero-order chi connectivity index (χ0) is 14.5. The lowest BCUT2D eigenvalue weighted by molar-refractivity contribution is 0.132. The fourth-order valence-electron chi connectivity index (χ4n) is 3.21. The van der Waals surface area contributed by atoms with Gasteiger partial charge in [0.05, 0.1) is 12.8 Å². The van der Waals surface area contributed by atoms with Crippen LogP contribution in [0.25, 0.3) is 0 Å². The van der Waals surface area contributed by atoms with Crippen molar-refractivity contribution >= 4 is 24.8 Å². The van der Waals surface area contributed by atoms with Crippen molar-refractivity contribution in [3.05, 3.63) is 23.0 Å². The summed E-state index contributed by atoms with van der Waals surface area (Å²) in [5.74, 6) is 0.974. The van der Waals surface area contributed by atoms with E-state index in [9.17, 15) is 0 Å². The van der Waals surface area contributed by atoms with Crippen molar-refractivity contribution in [2.45, 2.75) is 52.1 Å². The summed E-state index contributed by atoms with van der Waals surface area (Å²) in [4.78, 5) is 7.16. The van der Waals surface area contributed by atoms with Gasteiger partial charge in [0.15, 0.2) is 0 Å². The summed E-state index contributed by atoms with van der Waals surface area (Å²) in [7, 11) is 1.73. The maximum Gasteiger partial charge on any atom is 0.128 e. The summed E-state index contributed by atoms with van der Waals surface area (Å²) in [6, 6.07) is 0.613. The first kappa shape index (κ1) is 21.4. The van der Waals surface area contributed by atoms with Gasteiger partial charge >= 0.3 is 0 Å². The van der Waals surface area contributed by atoms with E-state index in [4.69, 9.17) is 10.5 Å². The fraction of sp³-hybridized carbons (Fsp3) is 0.688. The number of rotatable bonds is 5. The van der Waals surface area contributed by atoms with Crippen LogP contribution in [0.2, 0.25) is 0 Å². The zero-order valence-electron chi connectivity index (χ0n) is 13.8. The molecule has 4 nitrogen and oxygen atoms in total. The van der Waals surface area contributed by atoms with Gasteiger partial charge in [0, 0.05) is 29.9 Å². The van der Waals surface area contributed by atoms with Gasteiger partial charge in [-0.25, -0.2) is 0 Å². The molecule has 2 heterocycles. The molecule has 0 radical (unpaired) electrons. The molecule has 0 saturated carbocycles. The highest BCUT2D eigenvalue weighted by Crippen LogP contribution is 2.27. The van der Waals surface area contributed by atoms with Crippen LogP contribution < -0.4 is 10.5 Å². The van der Waals surface area contributed by atoms with E-state index in [2.05, 4.69) is 16.8 Å². The Morgan fingerprint density at radius 3 is 2.68 bits per heavy atom. The van der Waals surface area contributed by atoms with E-state index in [1.54, 1.807) is 7.11 Å². The summed E-state index contributed by atoms with van der Waals surface area (Å²) in [5, 5.41) is 0. The smallest absolute Gasteiger partial charge is 0.128 e. The van der Waals surface area contributed by atoms with Gasteiger partial charge in [0.1, 0.15) is 5.75 Å². The van der Waals surface area contributed by atoms with Crippen molar-refractivity contribution in [1.82, 2.24) is 9.88 Å². The average Bonchev–Trinajstić information content (AvgIpc) is 2.45. The molecule has 1 fully saturated rings. The van der Waals surface area contributed by atoms with Crippen LogP contribution in [0.5, 0.6) is 5.75 Å². The molecule has 0 aromatic carbocycles. The van der Waals surface area contributed by atoms with E-state index in [-0.39, 0.29) is 24.8 Å². The maximum absolute atomic E-state index is 5.75. The minimum absolute atomic E-state index is 0. The average molecular weight is 350 g/mol. The van der Waals surface area contributed by atoms with Crippen LogP contribution in [0, 0.1) is 13.8 Å². The van der Waals surface area contributed by atoms with E-state index in [1.807, 2.05) is 13.1 Å². The summed E-state index contributed by atoms with van der Waals surface area (Å²) in [6.07, 6.45) is 6.87. The third-order valence-electron chi connectivity index (χ3n) is 4.35. The first-order valence-corrected chi connectivity index (χ1v) is 7.60. The summed E-state index contributed by atoms with van der Waals surface area (Å²) in [6.45, 7) is 6.98. The lowest BCUT2D eigenvalue weighted by atomic mass is 9.98. The number of hydrogen-bond acceptors (Lipinski definition) is 4. The molecule has 2 N–H and O–H groups in total. The fourth-order valence-corrected chi connectivity index (χ4v) is 3.21. The van der Waals surface area contributed by atoms with Gasteiger partial charge in [-0.15, -0.1) is 24.8 Å². The molecule has 6 heteroatoms. The van der Waals surface area contributed by atoms with Crippen LogP contribution >= 0.6 is 24.8 Å². The Bertz CT molecular complexity index is 455. The zero-order valence-corrected chi connectivity index (χ0v) is 15.4. The van der Waals surface area contributed by atoms with E-state index in [0.29, 0.717) is 6.04 Å². The van der Waals surface area contributed by atoms with Gasteiger partial charge in [0.25, 0.3) is 0 Å². The molecule has 2 rings (SSSR count). The van der Waals surface area contributed by atoms with E-state index in [0.717, 1.165) is 43.1 Å². The number of nitrogens with two attached hydrogens (primary N) is 1. The molecule has 128 valence electrons. The van der Waals surface area contributed by atoms with Gasteiger partial charge in [-0.3, -0.25) is 9.88 Å². The maximum atomic E-state index is 5.75. The number of aryl methyl sites for hydroxylation is 1. The van der Waals surface area contributed by atoms with E-state index < -0.39 is 0 Å². The quantitative estimate of drug-likeness (QED) is 0.886. The second kappa shape index (κ2) is 10.3. The standard InChI is InChI=1S/C16H27N3O.2ClH/c1-12-10-18-15(13(2)16(12)20-3)11-19-9-5-4-6-14(19)7-8-17;;/h10,14H,4-9,11,17H2,1-3H3;2*1H. The molecule has 1 unspecified atom stereocenters. The highest BCUT2D eigenvalue weighted by molar-refractivity contribution is 5.85. The number of pyridine rings is 1. The molecular weight excluding hydrogens is 321 g/mol. The van der Waals surface area contributed by atoms with Crippen LogP contribution in [0.4, 0.5) is 0 Å². The van der Waals surface area contributed by atoms with Crippen LogP contribution in [0.3, 0.4) is 0 Å². The number of hydrogen-bond donors (Lipinski definition) is 1. The molecular formula is C16H29Cl2N3O. The summed E-state index contributed by atoms with van der Waals surface area (Å²) < 4.78 is 5.50. The van der Waals surface area contributed by atoms with Crippen molar-refractivity contribution in [2.75, 3.05) is 20.2 Å². The Labute approximate surface area is 146 Å². The summed E-state index contributed by atoms with van der Waals surface area (Å²) >= 11 is 0. The van der Waals surface area contributed by atoms with Crippen LogP contribution in [-0.2, 0) is 6.54 Å². The molecule has 0 bridgehead atoms. The van der Waals surface area contributed by atoms with Gasteiger partial charge in [-0.05, 0) is 46.2 Å². The van der Waals surface area contributed by atoms with Crippen LogP contribution in [-0.4, -0.2) is 36.1 Å². The lowest BCUT2D eigenvalue weighted by Gasteiger charge is -2.35. The predicted molar refractivity (Wildman–Crippen MR) is 96.5 cm³/mol. The molecule has 1 aliphatic rings. The molecule has 22 heavy (non-hydrogen) atoms. The number of methoxy groups -OCH3 is 1. The Hall–Kier alpha value is -0.550. The normalized spacial score (nSPS) is 18.3. The highest BCUT2D eigenvalue weighted by Gasteiger charge is 2.23. The summed E-state index contributed by atoms with van der Waals surface area (Å²) in [5.41, 5.74) is 9.16. The number of piperidine rings is 1. The third kappa shape index (κ3) is 4.98. The van der Waals surface area contributed by atoms with Gasteiger partial charge < -0.3 is 10.5 Å². The number of ether oxygens (including phenoxy) is 1. The van der Waals surface area contributed by atoms with Crippen LogP contribution in [0.15, 0.2) is 6.20 Å². The molecule has 1 atom stereocenters. The second-order valence-electron chi connectivity index (χ2n) is 5.74. The van der Waals surface area contributed by atoms with Crippen molar-refractivity contribution in [3.63, 3.8) is 0 Å². The number of likely N-dealkylation sites (tertiary alicyclic amines) is 1. The van der Waals surface area contributed by atoms with E-state index in [1.165, 1.54) is 24.8 Å². The Kier molecular flexibility index (Phi) is 10.0. The monoisotopic (exact) mass is 349 g/mol. The first-order chi connectivity index (χ1) is 9.67. The largest absolute Gasteiger partial charge is 0.496 e. The highest BCUT2D eigenvalue weighted by atomic mass is 35.5. The molecule has 0 amide bonds. The lowest BCUT2D eigenvalue weighted by Crippen LogP contribution is -2.40. The minimum atomic E-state index is 0. The SMILES string of the molecule is COc1c(C)cnc(CN2CCCCC2CCN)c1C.Cl.Cl. The Morgan fingerprint density at radius 1 is 1.32 bits per heavy atom. The topological polar surface area (TPSA) is 51.4 Å². The molecule has 1 aromatic heterocycles. The Balaban J connectivity index is 0.00000220. The molecule has 0 aliphatic carbocycles. The first-order valence-electron chi connectivity index (χ1n) is 7.60. The third-order valence-corrected chi connectivity index (χ3v) is 4.35. The molecule has 0 spiro atoms. The minimum Gasteiger partial charge on any atom is -0.496 e. The molecule has 1 aliphatic heterocycles. The number of nitrogens with zero attached hydrogens (tertiary/aromatic N) is 2. The molecule has 1 saturated heterocycles. The predicted octanol–water partition coefficient (Wildman–Crippen LogP) is 3.25. The van der Waals surface area contributed by atoms with Crippen molar-refractivity contribution in [2.24, 2.45) is 5.73 Å².